The smallest absolute Gasteiger partial charge is 0.333 e. The molecule has 2 aliphatic rings. The van der Waals surface area contributed by atoms with Gasteiger partial charge in [0, 0.05) is 24.3 Å². The minimum Gasteiger partial charge on any atom is -0.459 e. The van der Waals surface area contributed by atoms with Crippen LogP contribution < -0.4 is 0 Å². The number of hydrogen-bond donors (Lipinski definition) is 0. The number of hydrogen-bond acceptors (Lipinski definition) is 17. The Kier molecular flexibility index (Phi) is 13.2. The first kappa shape index (κ1) is 39.8. The molecule has 0 spiro atoms. The summed E-state index contributed by atoms with van der Waals surface area (Å²) in [5.74, 6) is -1.81. The summed E-state index contributed by atoms with van der Waals surface area (Å²) < 4.78 is 12.1. The van der Waals surface area contributed by atoms with Crippen molar-refractivity contribution in [2.24, 2.45) is 0 Å². The number of benzene rings is 2. The van der Waals surface area contributed by atoms with Crippen LogP contribution in [0, 0.1) is 20.2 Å². The summed E-state index contributed by atoms with van der Waals surface area (Å²) in [4.78, 5) is 75.0. The van der Waals surface area contributed by atoms with Crippen LogP contribution in [0.1, 0.15) is 37.8 Å². The van der Waals surface area contributed by atoms with Gasteiger partial charge in [-0.25, -0.2) is 9.59 Å². The van der Waals surface area contributed by atoms with Crippen LogP contribution >= 0.6 is 54.5 Å². The van der Waals surface area contributed by atoms with Gasteiger partial charge in [0.1, 0.15) is 13.2 Å². The van der Waals surface area contributed by atoms with Gasteiger partial charge < -0.3 is 19.3 Å². The molecule has 3 heterocycles. The van der Waals surface area contributed by atoms with E-state index in [1.54, 1.807) is 13.8 Å². The van der Waals surface area contributed by atoms with Crippen LogP contribution in [0.2, 0.25) is 0 Å². The molecule has 0 saturated carbocycles. The molecule has 0 N–H and O–H groups in total. The fourth-order valence-corrected chi connectivity index (χ4v) is 11.5. The number of rotatable bonds is 18. The Balaban J connectivity index is 1.11. The van der Waals surface area contributed by atoms with Crippen molar-refractivity contribution in [2.45, 2.75) is 71.4 Å². The lowest BCUT2D eigenvalue weighted by atomic mass is 10.0. The molecule has 0 aliphatic carbocycles. The normalized spacial score (nSPS) is 17.6. The fourth-order valence-electron chi connectivity index (χ4n) is 5.04. The van der Waals surface area contributed by atoms with E-state index in [-0.39, 0.29) is 60.0 Å². The average Bonchev–Trinajstić information content (AvgIpc) is 3.58. The number of nitro benzene ring substituents is 2. The quantitative estimate of drug-likeness (QED) is 0.0343. The summed E-state index contributed by atoms with van der Waals surface area (Å²) in [7, 11) is 5.27. The number of β-lactam (4-membered cyclic amide) rings is 2. The van der Waals surface area contributed by atoms with E-state index in [1.165, 1.54) is 113 Å². The molecule has 3 aromatic rings. The minimum atomic E-state index is -1.01. The molecular weight excluding hydrogens is 789 g/mol. The van der Waals surface area contributed by atoms with Crippen LogP contribution in [-0.2, 0) is 41.9 Å². The summed E-state index contributed by atoms with van der Waals surface area (Å²) >= 11 is 1.30. The van der Waals surface area contributed by atoms with Gasteiger partial charge in [-0.05, 0) is 82.0 Å². The second kappa shape index (κ2) is 17.6. The number of esters is 2. The standard InChI is InChI=1S/C32H30N6O10S5/c1-17(2)27(29(41)47-15-19-5-9-21(10-6-19)37(43)44)35-23(39)13-25(35)50-52-31-33-34-32(49-31)53-51-26-14-24(40)36(26)28(18(3)4)30(42)48-16-20-7-11-22(12-8-20)38(45)46/h5-12,25-28H,1,3,13-16H2,2,4H3. The topological polar surface area (TPSA) is 205 Å². The van der Waals surface area contributed by atoms with Gasteiger partial charge in [-0.1, -0.05) is 46.1 Å². The third kappa shape index (κ3) is 9.76. The molecule has 0 radical (unpaired) electrons. The molecule has 4 unspecified atom stereocenters. The molecule has 1 aromatic heterocycles. The number of likely N-dealkylation sites (tertiary alicyclic amines) is 2. The van der Waals surface area contributed by atoms with E-state index >= 15 is 0 Å². The SMILES string of the molecule is C=C(C)C(C(=O)OCc1ccc([N+](=O)[O-])cc1)N1C(=O)CC1SSc1nnc(SSC2CC(=O)N2C(C(=C)C)C(=O)OCc2ccc([N+](=O)[O-])cc2)s1. The van der Waals surface area contributed by atoms with E-state index in [0.29, 0.717) is 31.0 Å². The molecule has 2 fully saturated rings. The van der Waals surface area contributed by atoms with Crippen molar-refractivity contribution in [3.63, 3.8) is 0 Å². The molecular formula is C32H30N6O10S5. The van der Waals surface area contributed by atoms with Crippen LogP contribution in [-0.4, -0.2) is 76.4 Å². The molecule has 16 nitrogen and oxygen atoms in total. The van der Waals surface area contributed by atoms with Gasteiger partial charge >= 0.3 is 11.9 Å². The van der Waals surface area contributed by atoms with Crippen molar-refractivity contribution < 1.29 is 38.5 Å². The first-order chi connectivity index (χ1) is 25.2. The van der Waals surface area contributed by atoms with Crippen LogP contribution in [0.5, 0.6) is 0 Å². The Bertz CT molecular complexity index is 1810. The van der Waals surface area contributed by atoms with Gasteiger partial charge in [0.2, 0.25) is 11.8 Å². The number of aromatic nitrogens is 2. The maximum atomic E-state index is 13.1. The largest absolute Gasteiger partial charge is 0.459 e. The number of amides is 2. The lowest BCUT2D eigenvalue weighted by Gasteiger charge is -2.43. The van der Waals surface area contributed by atoms with E-state index in [9.17, 15) is 39.4 Å². The molecule has 2 aliphatic heterocycles. The second-order valence-electron chi connectivity index (χ2n) is 11.7. The molecule has 21 heteroatoms. The van der Waals surface area contributed by atoms with Crippen molar-refractivity contribution >= 4 is 89.6 Å². The number of ether oxygens (including phenoxy) is 2. The van der Waals surface area contributed by atoms with Gasteiger partial charge in [0.15, 0.2) is 20.8 Å². The van der Waals surface area contributed by atoms with E-state index in [1.807, 2.05) is 0 Å². The summed E-state index contributed by atoms with van der Waals surface area (Å²) in [6, 6.07) is 9.19. The molecule has 2 amide bonds. The number of nitrogens with zero attached hydrogens (tertiary/aromatic N) is 6. The molecule has 4 atom stereocenters. The molecule has 2 saturated heterocycles. The van der Waals surface area contributed by atoms with E-state index < -0.39 is 33.9 Å². The van der Waals surface area contributed by atoms with E-state index in [2.05, 4.69) is 23.4 Å². The maximum absolute atomic E-state index is 13.1. The van der Waals surface area contributed by atoms with Gasteiger partial charge in [-0.2, -0.15) is 0 Å². The fraction of sp³-hybridized carbons (Fsp3) is 0.312. The van der Waals surface area contributed by atoms with Crippen molar-refractivity contribution in [1.82, 2.24) is 20.0 Å². The van der Waals surface area contributed by atoms with Crippen LogP contribution in [0.4, 0.5) is 11.4 Å². The summed E-state index contributed by atoms with van der Waals surface area (Å²) in [5, 5.41) is 29.5. The predicted molar refractivity (Wildman–Crippen MR) is 200 cm³/mol. The highest BCUT2D eigenvalue weighted by Crippen LogP contribution is 2.48. The van der Waals surface area contributed by atoms with Gasteiger partial charge in [0.05, 0.1) is 33.4 Å². The lowest BCUT2D eigenvalue weighted by Crippen LogP contribution is -2.58. The van der Waals surface area contributed by atoms with Crippen molar-refractivity contribution in [1.29, 1.82) is 0 Å². The Morgan fingerprint density at radius 3 is 1.43 bits per heavy atom. The van der Waals surface area contributed by atoms with Crippen molar-refractivity contribution in [3.8, 4) is 0 Å². The highest BCUT2D eigenvalue weighted by atomic mass is 33.1. The van der Waals surface area contributed by atoms with Crippen molar-refractivity contribution in [3.05, 3.63) is 104 Å². The average molecular weight is 819 g/mol. The maximum Gasteiger partial charge on any atom is 0.333 e. The van der Waals surface area contributed by atoms with Gasteiger partial charge in [-0.3, -0.25) is 29.8 Å². The Morgan fingerprint density at radius 1 is 0.774 bits per heavy atom. The first-order valence-corrected chi connectivity index (χ1v) is 20.7. The monoisotopic (exact) mass is 818 g/mol. The minimum absolute atomic E-state index is 0.0863. The number of carbonyl (C=O) groups excluding carboxylic acids is 4. The van der Waals surface area contributed by atoms with E-state index in [0.717, 1.165) is 0 Å². The van der Waals surface area contributed by atoms with Gasteiger partial charge in [-0.15, -0.1) is 10.2 Å². The molecule has 53 heavy (non-hydrogen) atoms. The summed E-state index contributed by atoms with van der Waals surface area (Å²) in [6.45, 7) is 10.8. The van der Waals surface area contributed by atoms with Crippen LogP contribution in [0.3, 0.4) is 0 Å². The van der Waals surface area contributed by atoms with Crippen molar-refractivity contribution in [2.75, 3.05) is 0 Å². The second-order valence-corrected chi connectivity index (χ2v) is 17.9. The molecule has 5 rings (SSSR count). The highest BCUT2D eigenvalue weighted by Gasteiger charge is 2.47. The number of non-ortho nitro benzene ring substituents is 2. The van der Waals surface area contributed by atoms with Crippen LogP contribution in [0.25, 0.3) is 0 Å². The molecule has 278 valence electrons. The Morgan fingerprint density at radius 2 is 1.13 bits per heavy atom. The van der Waals surface area contributed by atoms with Crippen LogP contribution in [0.15, 0.2) is 81.5 Å². The lowest BCUT2D eigenvalue weighted by molar-refractivity contribution is -0.385. The first-order valence-electron chi connectivity index (χ1n) is 15.5. The summed E-state index contributed by atoms with van der Waals surface area (Å²) in [5.41, 5.74) is 1.77. The van der Waals surface area contributed by atoms with E-state index in [4.69, 9.17) is 9.47 Å². The molecule has 0 bridgehead atoms. The summed E-state index contributed by atoms with van der Waals surface area (Å²) in [6.07, 6.45) is 0.387. The predicted octanol–water partition coefficient (Wildman–Crippen LogP) is 6.33. The third-order valence-corrected chi connectivity index (χ3v) is 14.6. The molecule has 2 aromatic carbocycles. The Hall–Kier alpha value is -4.44. The highest BCUT2D eigenvalue weighted by molar-refractivity contribution is 8.78. The zero-order chi connectivity index (χ0) is 38.4. The number of carbonyl (C=O) groups is 4. The van der Waals surface area contributed by atoms with Gasteiger partial charge in [0.25, 0.3) is 11.4 Å². The number of nitro groups is 2. The zero-order valence-electron chi connectivity index (χ0n) is 28.0. The Labute approximate surface area is 322 Å². The third-order valence-electron chi connectivity index (χ3n) is 7.74. The zero-order valence-corrected chi connectivity index (χ0v) is 32.1.